The molecule has 0 saturated carbocycles. The molecule has 0 radical (unpaired) electrons. The Morgan fingerprint density at radius 2 is 0.885 bits per heavy atom. The summed E-state index contributed by atoms with van der Waals surface area (Å²) >= 11 is 0. The first kappa shape index (κ1) is 51.5. The van der Waals surface area contributed by atoms with Crippen molar-refractivity contribution in [3.05, 3.63) is 0 Å². The number of phosphoric ester groups is 1. The summed E-state index contributed by atoms with van der Waals surface area (Å²) in [5, 5.41) is 0. The van der Waals surface area contributed by atoms with Gasteiger partial charge in [0.15, 0.2) is 0 Å². The minimum absolute atomic E-state index is 0.0937. The molecule has 1 unspecified atom stereocenters. The monoisotopic (exact) mass is 763 g/mol. The molecule has 1 N–H and O–H groups in total. The van der Waals surface area contributed by atoms with Crippen LogP contribution < -0.4 is 0 Å². The van der Waals surface area contributed by atoms with E-state index in [1.54, 1.807) is 0 Å². The van der Waals surface area contributed by atoms with Crippen LogP contribution in [0.1, 0.15) is 213 Å². The molecule has 0 aromatic carbocycles. The van der Waals surface area contributed by atoms with Gasteiger partial charge in [-0.3, -0.25) is 13.8 Å². The molecular weight excluding hydrogens is 673 g/mol. The van der Waals surface area contributed by atoms with Gasteiger partial charge in [-0.05, 0) is 12.8 Å². The first-order valence-corrected chi connectivity index (χ1v) is 23.8. The highest BCUT2D eigenvalue weighted by atomic mass is 31.2. The van der Waals surface area contributed by atoms with Gasteiger partial charge in [0.05, 0.1) is 34.4 Å². The van der Waals surface area contributed by atoms with Crippen LogP contribution in [0.5, 0.6) is 0 Å². The maximum absolute atomic E-state index is 12.6. The standard InChI is InChI=1S/C43H88NO7P/c1-6-8-10-12-14-16-18-19-20-21-22-23-24-25-26-27-29-31-33-35-38-48-40-42(41-50-52(46,47)49-39-37-44(3,4)5)51-43(45)36-34-32-30-28-17-15-13-11-9-7-2/h42H,6-41H2,1-5H3/p+1/t42-/m1/s1. The number of phosphoric acid groups is 1. The van der Waals surface area contributed by atoms with Gasteiger partial charge in [0.25, 0.3) is 0 Å². The van der Waals surface area contributed by atoms with Crippen molar-refractivity contribution >= 4 is 13.8 Å². The summed E-state index contributed by atoms with van der Waals surface area (Å²) < 4.78 is 35.0. The summed E-state index contributed by atoms with van der Waals surface area (Å²) in [5.41, 5.74) is 0. The van der Waals surface area contributed by atoms with Crippen molar-refractivity contribution in [2.75, 3.05) is 54.1 Å². The second kappa shape index (κ2) is 37.4. The van der Waals surface area contributed by atoms with E-state index in [0.717, 1.165) is 32.1 Å². The maximum Gasteiger partial charge on any atom is 0.472 e. The van der Waals surface area contributed by atoms with Gasteiger partial charge in [-0.1, -0.05) is 194 Å². The molecular formula is C43H89NO7P+. The lowest BCUT2D eigenvalue weighted by molar-refractivity contribution is -0.870. The zero-order chi connectivity index (χ0) is 38.4. The predicted octanol–water partition coefficient (Wildman–Crippen LogP) is 12.9. The zero-order valence-corrected chi connectivity index (χ0v) is 36.2. The van der Waals surface area contributed by atoms with Crippen LogP contribution in [-0.4, -0.2) is 75.6 Å². The molecule has 0 aliphatic carbocycles. The number of unbranched alkanes of at least 4 members (excludes halogenated alkanes) is 28. The average molecular weight is 763 g/mol. The molecule has 0 aromatic heterocycles. The van der Waals surface area contributed by atoms with Gasteiger partial charge in [-0.2, -0.15) is 0 Å². The van der Waals surface area contributed by atoms with E-state index in [0.29, 0.717) is 24.1 Å². The van der Waals surface area contributed by atoms with Crippen LogP contribution in [0.25, 0.3) is 0 Å². The molecule has 0 aromatic rings. The molecule has 0 aliphatic heterocycles. The molecule has 0 rings (SSSR count). The number of esters is 1. The lowest BCUT2D eigenvalue weighted by Crippen LogP contribution is -2.37. The first-order valence-electron chi connectivity index (χ1n) is 22.3. The highest BCUT2D eigenvalue weighted by molar-refractivity contribution is 7.47. The van der Waals surface area contributed by atoms with Crippen molar-refractivity contribution in [2.45, 2.75) is 219 Å². The Labute approximate surface area is 323 Å². The SMILES string of the molecule is CCCCCCCCCCCCCCCCCCCCCCOC[C@H](COP(=O)(O)OCC[N+](C)(C)C)OC(=O)CCCCCCCCCCCC. The summed E-state index contributed by atoms with van der Waals surface area (Å²) in [5.74, 6) is -0.311. The van der Waals surface area contributed by atoms with Crippen molar-refractivity contribution in [1.29, 1.82) is 0 Å². The highest BCUT2D eigenvalue weighted by Crippen LogP contribution is 2.43. The second-order valence-electron chi connectivity index (χ2n) is 16.4. The molecule has 2 atom stereocenters. The topological polar surface area (TPSA) is 91.3 Å². The number of carbonyl (C=O) groups is 1. The predicted molar refractivity (Wildman–Crippen MR) is 220 cm³/mol. The van der Waals surface area contributed by atoms with E-state index in [4.69, 9.17) is 18.5 Å². The van der Waals surface area contributed by atoms with Gasteiger partial charge in [-0.15, -0.1) is 0 Å². The van der Waals surface area contributed by atoms with Crippen LogP contribution in [-0.2, 0) is 27.9 Å². The minimum atomic E-state index is -4.26. The van der Waals surface area contributed by atoms with Crippen molar-refractivity contribution in [1.82, 2.24) is 0 Å². The third-order valence-electron chi connectivity index (χ3n) is 9.92. The third-order valence-corrected chi connectivity index (χ3v) is 10.9. The lowest BCUT2D eigenvalue weighted by Gasteiger charge is -2.24. The Bertz CT molecular complexity index is 807. The zero-order valence-electron chi connectivity index (χ0n) is 35.3. The fraction of sp³-hybridized carbons (Fsp3) is 0.977. The molecule has 0 aliphatic rings. The van der Waals surface area contributed by atoms with E-state index in [1.807, 2.05) is 21.1 Å². The van der Waals surface area contributed by atoms with E-state index in [-0.39, 0.29) is 25.8 Å². The fourth-order valence-corrected chi connectivity index (χ4v) is 7.18. The molecule has 0 spiro atoms. The largest absolute Gasteiger partial charge is 0.472 e. The molecule has 0 saturated heterocycles. The minimum Gasteiger partial charge on any atom is -0.457 e. The fourth-order valence-electron chi connectivity index (χ4n) is 6.44. The average Bonchev–Trinajstić information content (AvgIpc) is 3.09. The quantitative estimate of drug-likeness (QED) is 0.0286. The number of rotatable bonds is 42. The molecule has 52 heavy (non-hydrogen) atoms. The molecule has 0 amide bonds. The summed E-state index contributed by atoms with van der Waals surface area (Å²) in [6.07, 6.45) is 38.5. The Hall–Kier alpha value is -0.500. The Balaban J connectivity index is 4.08. The van der Waals surface area contributed by atoms with Gasteiger partial charge in [0, 0.05) is 13.0 Å². The number of ether oxygens (including phenoxy) is 2. The second-order valence-corrected chi connectivity index (χ2v) is 17.9. The molecule has 8 nitrogen and oxygen atoms in total. The van der Waals surface area contributed by atoms with Crippen LogP contribution >= 0.6 is 7.82 Å². The molecule has 312 valence electrons. The summed E-state index contributed by atoms with van der Waals surface area (Å²) in [4.78, 5) is 22.8. The molecule has 0 bridgehead atoms. The van der Waals surface area contributed by atoms with Gasteiger partial charge >= 0.3 is 13.8 Å². The van der Waals surface area contributed by atoms with Crippen molar-refractivity contribution in [3.8, 4) is 0 Å². The number of nitrogens with zero attached hydrogens (tertiary/aromatic N) is 1. The van der Waals surface area contributed by atoms with Crippen LogP contribution in [0.3, 0.4) is 0 Å². The van der Waals surface area contributed by atoms with E-state index < -0.39 is 13.9 Å². The van der Waals surface area contributed by atoms with Crippen LogP contribution in [0.15, 0.2) is 0 Å². The van der Waals surface area contributed by atoms with Gasteiger partial charge in [0.1, 0.15) is 19.3 Å². The van der Waals surface area contributed by atoms with E-state index in [2.05, 4.69) is 13.8 Å². The van der Waals surface area contributed by atoms with Gasteiger partial charge in [-0.25, -0.2) is 4.57 Å². The highest BCUT2D eigenvalue weighted by Gasteiger charge is 2.26. The number of quaternary nitrogens is 1. The Morgan fingerprint density at radius 1 is 0.519 bits per heavy atom. The van der Waals surface area contributed by atoms with Gasteiger partial charge in [0.2, 0.25) is 0 Å². The summed E-state index contributed by atoms with van der Waals surface area (Å²) in [6.45, 7) is 5.66. The smallest absolute Gasteiger partial charge is 0.457 e. The summed E-state index contributed by atoms with van der Waals surface area (Å²) in [6, 6.07) is 0. The Kier molecular flexibility index (Phi) is 37.1. The molecule has 0 heterocycles. The van der Waals surface area contributed by atoms with E-state index in [1.165, 1.54) is 161 Å². The number of hydrogen-bond acceptors (Lipinski definition) is 6. The normalized spacial score (nSPS) is 13.7. The van der Waals surface area contributed by atoms with E-state index >= 15 is 0 Å². The lowest BCUT2D eigenvalue weighted by atomic mass is 10.0. The number of carbonyl (C=O) groups excluding carboxylic acids is 1. The van der Waals surface area contributed by atoms with Crippen LogP contribution in [0.2, 0.25) is 0 Å². The molecule has 9 heteroatoms. The van der Waals surface area contributed by atoms with E-state index in [9.17, 15) is 14.3 Å². The van der Waals surface area contributed by atoms with Crippen LogP contribution in [0, 0.1) is 0 Å². The summed E-state index contributed by atoms with van der Waals surface area (Å²) in [7, 11) is 1.68. The number of likely N-dealkylation sites (N-methyl/N-ethyl adjacent to an activating group) is 1. The van der Waals surface area contributed by atoms with Crippen molar-refractivity contribution in [3.63, 3.8) is 0 Å². The van der Waals surface area contributed by atoms with Gasteiger partial charge < -0.3 is 18.9 Å². The van der Waals surface area contributed by atoms with Crippen molar-refractivity contribution in [2.24, 2.45) is 0 Å². The van der Waals surface area contributed by atoms with Crippen LogP contribution in [0.4, 0.5) is 0 Å². The van der Waals surface area contributed by atoms with Crippen molar-refractivity contribution < 1.29 is 37.3 Å². The maximum atomic E-state index is 12.6. The first-order chi connectivity index (χ1) is 25.1. The number of hydrogen-bond donors (Lipinski definition) is 1. The Morgan fingerprint density at radius 3 is 1.27 bits per heavy atom. The molecule has 0 fully saturated rings. The third kappa shape index (κ3) is 40.7.